The van der Waals surface area contributed by atoms with Crippen molar-refractivity contribution in [2.75, 3.05) is 19.6 Å². The van der Waals surface area contributed by atoms with Crippen molar-refractivity contribution in [3.8, 4) is 0 Å². The third kappa shape index (κ3) is 4.30. The Bertz CT molecular complexity index is 433. The van der Waals surface area contributed by atoms with E-state index >= 15 is 0 Å². The van der Waals surface area contributed by atoms with E-state index in [4.69, 9.17) is 5.73 Å². The minimum Gasteiger partial charge on any atom is -0.342 e. The minimum atomic E-state index is -0.190. The van der Waals surface area contributed by atoms with Crippen LogP contribution >= 0.6 is 0 Å². The zero-order valence-electron chi connectivity index (χ0n) is 11.9. The number of rotatable bonds is 5. The van der Waals surface area contributed by atoms with Crippen LogP contribution in [0.3, 0.4) is 0 Å². The number of hydrogen-bond acceptors (Lipinski definition) is 2. The van der Waals surface area contributed by atoms with Crippen LogP contribution in [0.25, 0.3) is 0 Å². The summed E-state index contributed by atoms with van der Waals surface area (Å²) in [4.78, 5) is 13.8. The highest BCUT2D eigenvalue weighted by molar-refractivity contribution is 5.76. The number of nitrogens with two attached hydrogens (primary N) is 1. The van der Waals surface area contributed by atoms with E-state index in [1.807, 2.05) is 17.0 Å². The van der Waals surface area contributed by atoms with Gasteiger partial charge in [-0.1, -0.05) is 12.1 Å². The Morgan fingerprint density at radius 2 is 2.10 bits per heavy atom. The third-order valence-electron chi connectivity index (χ3n) is 3.98. The van der Waals surface area contributed by atoms with Gasteiger partial charge in [0.15, 0.2) is 0 Å². The molecule has 0 radical (unpaired) electrons. The fraction of sp³-hybridized carbons (Fsp3) is 0.562. The van der Waals surface area contributed by atoms with Crippen molar-refractivity contribution in [1.82, 2.24) is 4.90 Å². The highest BCUT2D eigenvalue weighted by Crippen LogP contribution is 2.22. The average Bonchev–Trinajstić information content (AvgIpc) is 2.47. The summed E-state index contributed by atoms with van der Waals surface area (Å²) in [5, 5.41) is 0. The largest absolute Gasteiger partial charge is 0.342 e. The number of aryl methyl sites for hydroxylation is 1. The number of piperidine rings is 1. The average molecular weight is 278 g/mol. The van der Waals surface area contributed by atoms with E-state index in [2.05, 4.69) is 0 Å². The molecular weight excluding hydrogens is 255 g/mol. The molecule has 1 fully saturated rings. The van der Waals surface area contributed by atoms with Crippen molar-refractivity contribution < 1.29 is 9.18 Å². The van der Waals surface area contributed by atoms with Gasteiger partial charge in [-0.05, 0) is 49.3 Å². The van der Waals surface area contributed by atoms with Gasteiger partial charge in [0.05, 0.1) is 0 Å². The summed E-state index contributed by atoms with van der Waals surface area (Å²) in [6, 6.07) is 6.70. The normalized spacial score (nSPS) is 19.1. The number of hydrogen-bond donors (Lipinski definition) is 1. The topological polar surface area (TPSA) is 46.3 Å². The molecule has 0 saturated carbocycles. The number of likely N-dealkylation sites (tertiary alicyclic amines) is 1. The number of benzene rings is 1. The van der Waals surface area contributed by atoms with Crippen LogP contribution in [0.4, 0.5) is 4.39 Å². The molecule has 2 rings (SSSR count). The summed E-state index contributed by atoms with van der Waals surface area (Å²) < 4.78 is 12.8. The number of halogens is 1. The monoisotopic (exact) mass is 278 g/mol. The van der Waals surface area contributed by atoms with Crippen LogP contribution in [-0.2, 0) is 11.2 Å². The number of nitrogens with zero attached hydrogens (tertiary/aromatic N) is 1. The molecule has 1 aliphatic rings. The van der Waals surface area contributed by atoms with E-state index in [1.54, 1.807) is 0 Å². The van der Waals surface area contributed by atoms with E-state index in [0.717, 1.165) is 37.9 Å². The molecule has 0 aliphatic carbocycles. The molecule has 1 unspecified atom stereocenters. The van der Waals surface area contributed by atoms with E-state index in [1.165, 1.54) is 18.6 Å². The molecule has 2 N–H and O–H groups in total. The Labute approximate surface area is 120 Å². The molecule has 1 aliphatic heterocycles. The van der Waals surface area contributed by atoms with Gasteiger partial charge in [0.2, 0.25) is 5.91 Å². The second-order valence-electron chi connectivity index (χ2n) is 5.55. The van der Waals surface area contributed by atoms with Crippen molar-refractivity contribution in [1.29, 1.82) is 0 Å². The van der Waals surface area contributed by atoms with Crippen molar-refractivity contribution in [2.24, 2.45) is 11.7 Å². The van der Waals surface area contributed by atoms with Crippen LogP contribution in [-0.4, -0.2) is 30.4 Å². The fourth-order valence-electron chi connectivity index (χ4n) is 2.83. The van der Waals surface area contributed by atoms with E-state index in [9.17, 15) is 9.18 Å². The molecule has 0 spiro atoms. The molecule has 1 amide bonds. The maximum absolute atomic E-state index is 12.8. The van der Waals surface area contributed by atoms with Gasteiger partial charge in [-0.15, -0.1) is 0 Å². The lowest BCUT2D eigenvalue weighted by atomic mass is 9.91. The molecule has 1 aromatic rings. The van der Waals surface area contributed by atoms with Gasteiger partial charge in [-0.3, -0.25) is 4.79 Å². The summed E-state index contributed by atoms with van der Waals surface area (Å²) in [5.74, 6) is 0.541. The van der Waals surface area contributed by atoms with Gasteiger partial charge in [0.1, 0.15) is 5.82 Å². The van der Waals surface area contributed by atoms with Crippen molar-refractivity contribution in [3.63, 3.8) is 0 Å². The molecule has 3 nitrogen and oxygen atoms in total. The lowest BCUT2D eigenvalue weighted by Gasteiger charge is -2.33. The van der Waals surface area contributed by atoms with Gasteiger partial charge in [0.25, 0.3) is 0 Å². The van der Waals surface area contributed by atoms with Crippen LogP contribution in [0.15, 0.2) is 24.3 Å². The first-order chi connectivity index (χ1) is 9.69. The van der Waals surface area contributed by atoms with Crippen LogP contribution < -0.4 is 5.73 Å². The van der Waals surface area contributed by atoms with E-state index < -0.39 is 0 Å². The Morgan fingerprint density at radius 1 is 1.35 bits per heavy atom. The van der Waals surface area contributed by atoms with Crippen molar-refractivity contribution in [3.05, 3.63) is 35.6 Å². The first-order valence-corrected chi connectivity index (χ1v) is 7.41. The Balaban J connectivity index is 1.80. The minimum absolute atomic E-state index is 0.180. The Morgan fingerprint density at radius 3 is 2.80 bits per heavy atom. The highest BCUT2D eigenvalue weighted by atomic mass is 19.1. The molecule has 0 aromatic heterocycles. The number of amides is 1. The fourth-order valence-corrected chi connectivity index (χ4v) is 2.83. The van der Waals surface area contributed by atoms with Crippen LogP contribution in [0.2, 0.25) is 0 Å². The van der Waals surface area contributed by atoms with E-state index in [0.29, 0.717) is 18.9 Å². The lowest BCUT2D eigenvalue weighted by molar-refractivity contribution is -0.132. The zero-order valence-corrected chi connectivity index (χ0v) is 11.9. The molecule has 1 saturated heterocycles. The smallest absolute Gasteiger partial charge is 0.223 e. The predicted octanol–water partition coefficient (Wildman–Crippen LogP) is 2.35. The van der Waals surface area contributed by atoms with Gasteiger partial charge in [-0.25, -0.2) is 4.39 Å². The zero-order chi connectivity index (χ0) is 14.4. The molecule has 20 heavy (non-hydrogen) atoms. The summed E-state index contributed by atoms with van der Waals surface area (Å²) in [7, 11) is 0. The van der Waals surface area contributed by atoms with Gasteiger partial charge in [-0.2, -0.15) is 0 Å². The standard InChI is InChI=1S/C16H23FN2O/c17-15-7-5-13(6-8-15)3-4-14-2-1-11-19(12-14)16(20)9-10-18/h5-8,14H,1-4,9-12,18H2. The summed E-state index contributed by atoms with van der Waals surface area (Å²) in [5.41, 5.74) is 6.60. The lowest BCUT2D eigenvalue weighted by Crippen LogP contribution is -2.40. The van der Waals surface area contributed by atoms with Crippen molar-refractivity contribution >= 4 is 5.91 Å². The molecule has 0 bridgehead atoms. The second kappa shape index (κ2) is 7.39. The SMILES string of the molecule is NCCC(=O)N1CCCC(CCc2ccc(F)cc2)C1. The van der Waals surface area contributed by atoms with Crippen molar-refractivity contribution in [2.45, 2.75) is 32.1 Å². The Kier molecular flexibility index (Phi) is 5.53. The molecule has 1 aromatic carbocycles. The molecule has 110 valence electrons. The molecular formula is C16H23FN2O. The van der Waals surface area contributed by atoms with E-state index in [-0.39, 0.29) is 11.7 Å². The molecule has 1 atom stereocenters. The number of carbonyl (C=O) groups excluding carboxylic acids is 1. The maximum Gasteiger partial charge on any atom is 0.223 e. The van der Waals surface area contributed by atoms with Gasteiger partial charge in [0, 0.05) is 26.1 Å². The summed E-state index contributed by atoms with van der Waals surface area (Å²) in [6.07, 6.45) is 4.70. The predicted molar refractivity (Wildman–Crippen MR) is 77.7 cm³/mol. The summed E-state index contributed by atoms with van der Waals surface area (Å²) in [6.45, 7) is 2.14. The van der Waals surface area contributed by atoms with Crippen LogP contribution in [0.5, 0.6) is 0 Å². The first kappa shape index (κ1) is 15.0. The highest BCUT2D eigenvalue weighted by Gasteiger charge is 2.22. The maximum atomic E-state index is 12.8. The third-order valence-corrected chi connectivity index (χ3v) is 3.98. The Hall–Kier alpha value is -1.42. The molecule has 1 heterocycles. The van der Waals surface area contributed by atoms with Crippen LogP contribution in [0.1, 0.15) is 31.2 Å². The van der Waals surface area contributed by atoms with Gasteiger partial charge < -0.3 is 10.6 Å². The number of carbonyl (C=O) groups is 1. The van der Waals surface area contributed by atoms with Crippen LogP contribution in [0, 0.1) is 11.7 Å². The quantitative estimate of drug-likeness (QED) is 0.898. The summed E-state index contributed by atoms with van der Waals surface area (Å²) >= 11 is 0. The van der Waals surface area contributed by atoms with Gasteiger partial charge >= 0.3 is 0 Å². The first-order valence-electron chi connectivity index (χ1n) is 7.41. The molecule has 4 heteroatoms. The second-order valence-corrected chi connectivity index (χ2v) is 5.55.